The Labute approximate surface area is 200 Å². The molecule has 0 aromatic carbocycles. The molecular weight excluding hydrogens is 418 g/mol. The number of ketones is 1. The zero-order valence-corrected chi connectivity index (χ0v) is 20.2. The molecule has 3 amide bonds. The highest BCUT2D eigenvalue weighted by molar-refractivity contribution is 6.15. The van der Waals surface area contributed by atoms with Crippen LogP contribution in [-0.2, 0) is 19.2 Å². The summed E-state index contributed by atoms with van der Waals surface area (Å²) in [5, 5.41) is 7.15. The lowest BCUT2D eigenvalue weighted by Crippen LogP contribution is -2.42. The summed E-state index contributed by atoms with van der Waals surface area (Å²) in [5.74, 6) is -0.364. The van der Waals surface area contributed by atoms with E-state index < -0.39 is 0 Å². The van der Waals surface area contributed by atoms with Crippen molar-refractivity contribution in [2.24, 2.45) is 5.92 Å². The van der Waals surface area contributed by atoms with Crippen LogP contribution in [0.2, 0.25) is 0 Å². The Bertz CT molecular complexity index is 674. The van der Waals surface area contributed by atoms with E-state index >= 15 is 0 Å². The van der Waals surface area contributed by atoms with E-state index in [1.807, 2.05) is 13.8 Å². The van der Waals surface area contributed by atoms with E-state index in [0.29, 0.717) is 38.0 Å². The van der Waals surface area contributed by atoms with Gasteiger partial charge in [0.2, 0.25) is 33.7 Å². The molecule has 0 atom stereocenters. The van der Waals surface area contributed by atoms with Gasteiger partial charge in [-0.15, -0.1) is 0 Å². The molecule has 0 aliphatic heterocycles. The van der Waals surface area contributed by atoms with Gasteiger partial charge in [0, 0.05) is 31.0 Å². The zero-order chi connectivity index (χ0) is 24.6. The summed E-state index contributed by atoms with van der Waals surface area (Å²) in [6.07, 6.45) is 8.86. The summed E-state index contributed by atoms with van der Waals surface area (Å²) >= 11 is 0. The van der Waals surface area contributed by atoms with Crippen molar-refractivity contribution in [3.05, 3.63) is 11.3 Å². The van der Waals surface area contributed by atoms with Crippen LogP contribution in [0.4, 0.5) is 0 Å². The van der Waals surface area contributed by atoms with E-state index in [1.165, 1.54) is 5.57 Å². The van der Waals surface area contributed by atoms with E-state index in [9.17, 15) is 19.2 Å². The van der Waals surface area contributed by atoms with Gasteiger partial charge in [0.1, 0.15) is 5.78 Å². The Hall–Kier alpha value is -2.25. The molecule has 0 spiro atoms. The van der Waals surface area contributed by atoms with Crippen LogP contribution < -0.4 is 15.8 Å². The number of nitrogens with one attached hydrogen (secondary N) is 3. The van der Waals surface area contributed by atoms with Crippen LogP contribution >= 0.6 is 0 Å². The molecule has 1 aliphatic carbocycles. The van der Waals surface area contributed by atoms with Crippen molar-refractivity contribution in [3.63, 3.8) is 0 Å². The van der Waals surface area contributed by atoms with Gasteiger partial charge in [0.15, 0.2) is 0 Å². The number of nitrogens with zero attached hydrogens (tertiary/aromatic N) is 1. The Morgan fingerprint density at radius 3 is 1.91 bits per heavy atom. The SMILES string of the molecule is [B]NC(=O)CN(CC(=O)N[B])C(CCCCC(=O)NCCCCCC(=O)C(C)C)=C1CCC1. The average molecular weight is 456 g/mol. The van der Waals surface area contributed by atoms with Crippen LogP contribution in [0, 0.1) is 5.92 Å². The number of Topliss-reactive ketones (excluding diaryl/α,β-unsaturated/α-hetero) is 1. The largest absolute Gasteiger partial charge is 0.408 e. The normalized spacial score (nSPS) is 12.6. The first-order chi connectivity index (χ1) is 15.8. The summed E-state index contributed by atoms with van der Waals surface area (Å²) in [4.78, 5) is 49.1. The molecule has 8 nitrogen and oxygen atoms in total. The predicted octanol–water partition coefficient (Wildman–Crippen LogP) is 1.59. The molecule has 1 rings (SSSR count). The predicted molar refractivity (Wildman–Crippen MR) is 130 cm³/mol. The topological polar surface area (TPSA) is 108 Å². The van der Waals surface area contributed by atoms with Gasteiger partial charge in [-0.1, -0.05) is 25.8 Å². The molecule has 180 valence electrons. The molecule has 3 N–H and O–H groups in total. The van der Waals surface area contributed by atoms with Gasteiger partial charge in [-0.25, -0.2) is 0 Å². The fraction of sp³-hybridized carbons (Fsp3) is 0.739. The molecule has 0 unspecified atom stereocenters. The number of rotatable bonds is 17. The van der Waals surface area contributed by atoms with E-state index in [2.05, 4.69) is 15.8 Å². The third-order valence-corrected chi connectivity index (χ3v) is 5.87. The third kappa shape index (κ3) is 12.0. The lowest BCUT2D eigenvalue weighted by Gasteiger charge is -2.32. The van der Waals surface area contributed by atoms with E-state index in [-0.39, 0.29) is 36.7 Å². The summed E-state index contributed by atoms with van der Waals surface area (Å²) in [5.41, 5.74) is 2.22. The average Bonchev–Trinajstić information content (AvgIpc) is 2.75. The smallest absolute Gasteiger partial charge is 0.226 e. The van der Waals surface area contributed by atoms with Crippen LogP contribution in [0.25, 0.3) is 0 Å². The number of carbonyl (C=O) groups excluding carboxylic acids is 4. The molecule has 0 saturated heterocycles. The van der Waals surface area contributed by atoms with Crippen molar-refractivity contribution in [3.8, 4) is 0 Å². The minimum atomic E-state index is -0.384. The summed E-state index contributed by atoms with van der Waals surface area (Å²) < 4.78 is 0. The Balaban J connectivity index is 2.38. The van der Waals surface area contributed by atoms with Gasteiger partial charge >= 0.3 is 0 Å². The highest BCUT2D eigenvalue weighted by Crippen LogP contribution is 2.32. The monoisotopic (exact) mass is 456 g/mol. The Morgan fingerprint density at radius 1 is 0.818 bits per heavy atom. The quantitative estimate of drug-likeness (QED) is 0.228. The first kappa shape index (κ1) is 28.8. The first-order valence-electron chi connectivity index (χ1n) is 12.0. The number of hydrogen-bond acceptors (Lipinski definition) is 5. The lowest BCUT2D eigenvalue weighted by atomic mass is 9.88. The molecule has 1 saturated carbocycles. The minimum absolute atomic E-state index is 0.0213. The molecule has 10 heteroatoms. The van der Waals surface area contributed by atoms with Gasteiger partial charge in [0.25, 0.3) is 0 Å². The summed E-state index contributed by atoms with van der Waals surface area (Å²) in [7, 11) is 10.5. The van der Waals surface area contributed by atoms with Crippen molar-refractivity contribution in [2.45, 2.75) is 84.5 Å². The van der Waals surface area contributed by atoms with Crippen molar-refractivity contribution in [2.75, 3.05) is 19.6 Å². The second-order valence-corrected chi connectivity index (χ2v) is 8.88. The van der Waals surface area contributed by atoms with Gasteiger partial charge in [-0.3, -0.25) is 19.2 Å². The fourth-order valence-electron chi connectivity index (χ4n) is 3.67. The van der Waals surface area contributed by atoms with Gasteiger partial charge in [-0.05, 0) is 51.4 Å². The molecule has 33 heavy (non-hydrogen) atoms. The third-order valence-electron chi connectivity index (χ3n) is 5.87. The van der Waals surface area contributed by atoms with Crippen LogP contribution in [-0.4, -0.2) is 64.0 Å². The van der Waals surface area contributed by atoms with Crippen molar-refractivity contribution in [1.29, 1.82) is 0 Å². The van der Waals surface area contributed by atoms with E-state index in [0.717, 1.165) is 50.6 Å². The Morgan fingerprint density at radius 2 is 1.39 bits per heavy atom. The number of carbonyl (C=O) groups is 4. The molecule has 4 radical (unpaired) electrons. The van der Waals surface area contributed by atoms with Crippen LogP contribution in [0.15, 0.2) is 11.3 Å². The molecule has 0 aromatic heterocycles. The molecule has 0 aromatic rings. The first-order valence-corrected chi connectivity index (χ1v) is 12.0. The highest BCUT2D eigenvalue weighted by atomic mass is 16.2. The van der Waals surface area contributed by atoms with Crippen molar-refractivity contribution >= 4 is 39.5 Å². The Kier molecular flexibility index (Phi) is 14.3. The van der Waals surface area contributed by atoms with Crippen LogP contribution in [0.3, 0.4) is 0 Å². The lowest BCUT2D eigenvalue weighted by molar-refractivity contribution is -0.123. The minimum Gasteiger partial charge on any atom is -0.408 e. The number of unbranched alkanes of at least 4 members (excludes halogenated alkanes) is 3. The number of allylic oxidation sites excluding steroid dienone is 2. The molecule has 1 fully saturated rings. The molecule has 0 bridgehead atoms. The standard InChI is InChI=1S/C23H38B2N4O4/c1-17(2)20(30)12-4-3-7-14-26-21(31)13-6-5-11-19(18-9-8-10-18)29(15-22(32)27-24)16-23(33)28-25/h17H,3-16H2,1-2H3,(H,26,31)(H,27,32)(H,28,33). The van der Waals surface area contributed by atoms with Crippen molar-refractivity contribution < 1.29 is 19.2 Å². The zero-order valence-electron chi connectivity index (χ0n) is 20.2. The maximum atomic E-state index is 12.1. The van der Waals surface area contributed by atoms with Crippen LogP contribution in [0.1, 0.15) is 84.5 Å². The summed E-state index contributed by atoms with van der Waals surface area (Å²) in [6.45, 7) is 4.41. The molecule has 0 heterocycles. The number of amides is 3. The van der Waals surface area contributed by atoms with Crippen molar-refractivity contribution in [1.82, 2.24) is 20.7 Å². The summed E-state index contributed by atoms with van der Waals surface area (Å²) in [6, 6.07) is 0. The van der Waals surface area contributed by atoms with Gasteiger partial charge in [-0.2, -0.15) is 0 Å². The maximum absolute atomic E-state index is 12.1. The molecular formula is C23H38B2N4O4. The van der Waals surface area contributed by atoms with Gasteiger partial charge < -0.3 is 20.7 Å². The highest BCUT2D eigenvalue weighted by Gasteiger charge is 2.22. The fourth-order valence-corrected chi connectivity index (χ4v) is 3.67. The second kappa shape index (κ2) is 16.4. The van der Waals surface area contributed by atoms with E-state index in [4.69, 9.17) is 16.0 Å². The number of hydrogen-bond donors (Lipinski definition) is 3. The van der Waals surface area contributed by atoms with Crippen LogP contribution in [0.5, 0.6) is 0 Å². The maximum Gasteiger partial charge on any atom is 0.226 e. The second-order valence-electron chi connectivity index (χ2n) is 8.88. The molecule has 1 aliphatic rings. The van der Waals surface area contributed by atoms with Gasteiger partial charge in [0.05, 0.1) is 13.1 Å². The van der Waals surface area contributed by atoms with E-state index in [1.54, 1.807) is 4.90 Å².